The minimum Gasteiger partial charge on any atom is -0.295 e. The van der Waals surface area contributed by atoms with Crippen LogP contribution in [0, 0.1) is 0 Å². The van der Waals surface area contributed by atoms with Gasteiger partial charge in [0.2, 0.25) is 10.0 Å². The van der Waals surface area contributed by atoms with Crippen LogP contribution in [0.2, 0.25) is 0 Å². The highest BCUT2D eigenvalue weighted by Gasteiger charge is 2.26. The summed E-state index contributed by atoms with van der Waals surface area (Å²) in [5.41, 5.74) is 1.19. The summed E-state index contributed by atoms with van der Waals surface area (Å²) < 4.78 is 28.9. The average Bonchev–Trinajstić information content (AvgIpc) is 3.36. The number of likely N-dealkylation sites (tertiary alicyclic amines) is 1. The predicted molar refractivity (Wildman–Crippen MR) is 107 cm³/mol. The zero-order chi connectivity index (χ0) is 18.0. The smallest absolute Gasteiger partial charge is 0.241 e. The standard InChI is InChI=1S/C20H22N2O2S2/c23-26(24,20-9-5-7-16-6-1-2-8-18(16)20)21-14-19(17-10-13-25-15-17)22-11-3-4-12-22/h1-2,5-10,13,15,19,21H,3-4,11-12,14H2/t19-/m0/s1. The van der Waals surface area contributed by atoms with Crippen LogP contribution in [0.3, 0.4) is 0 Å². The van der Waals surface area contributed by atoms with Crippen LogP contribution < -0.4 is 4.72 Å². The van der Waals surface area contributed by atoms with E-state index in [0.29, 0.717) is 11.4 Å². The second kappa shape index (κ2) is 7.48. The summed E-state index contributed by atoms with van der Waals surface area (Å²) in [5, 5.41) is 5.87. The van der Waals surface area contributed by atoms with Gasteiger partial charge in [0.05, 0.1) is 4.90 Å². The molecule has 0 saturated carbocycles. The van der Waals surface area contributed by atoms with Crippen LogP contribution in [0.15, 0.2) is 64.2 Å². The Hall–Kier alpha value is -1.73. The molecule has 0 aliphatic carbocycles. The number of thiophene rings is 1. The maximum atomic E-state index is 13.0. The number of nitrogens with one attached hydrogen (secondary N) is 1. The van der Waals surface area contributed by atoms with Gasteiger partial charge >= 0.3 is 0 Å². The molecule has 2 heterocycles. The van der Waals surface area contributed by atoms with Gasteiger partial charge in [0.25, 0.3) is 0 Å². The van der Waals surface area contributed by atoms with Gasteiger partial charge in [-0.25, -0.2) is 13.1 Å². The molecular weight excluding hydrogens is 364 g/mol. The molecule has 1 fully saturated rings. The zero-order valence-corrected chi connectivity index (χ0v) is 16.1. The number of benzene rings is 2. The highest BCUT2D eigenvalue weighted by atomic mass is 32.2. The second-order valence-electron chi connectivity index (χ2n) is 6.64. The van der Waals surface area contributed by atoms with Gasteiger partial charge in [0.1, 0.15) is 0 Å². The van der Waals surface area contributed by atoms with Crippen molar-refractivity contribution in [3.8, 4) is 0 Å². The van der Waals surface area contributed by atoms with E-state index in [-0.39, 0.29) is 6.04 Å². The number of hydrogen-bond donors (Lipinski definition) is 1. The Morgan fingerprint density at radius 3 is 2.58 bits per heavy atom. The third-order valence-electron chi connectivity index (χ3n) is 5.02. The van der Waals surface area contributed by atoms with Crippen molar-refractivity contribution in [2.75, 3.05) is 19.6 Å². The van der Waals surface area contributed by atoms with E-state index in [0.717, 1.165) is 23.9 Å². The summed E-state index contributed by atoms with van der Waals surface area (Å²) in [6.07, 6.45) is 2.35. The Morgan fingerprint density at radius 2 is 1.81 bits per heavy atom. The van der Waals surface area contributed by atoms with Crippen molar-refractivity contribution in [3.63, 3.8) is 0 Å². The molecule has 1 aromatic heterocycles. The first kappa shape index (κ1) is 17.7. The van der Waals surface area contributed by atoms with Crippen LogP contribution in [-0.4, -0.2) is 33.0 Å². The molecule has 6 heteroatoms. The monoisotopic (exact) mass is 386 g/mol. The summed E-state index contributed by atoms with van der Waals surface area (Å²) >= 11 is 1.65. The Bertz CT molecular complexity index is 973. The van der Waals surface area contributed by atoms with Crippen LogP contribution in [0.4, 0.5) is 0 Å². The van der Waals surface area contributed by atoms with Crippen LogP contribution in [-0.2, 0) is 10.0 Å². The normalized spacial score (nSPS) is 16.9. The molecule has 0 amide bonds. The van der Waals surface area contributed by atoms with Crippen molar-refractivity contribution in [2.45, 2.75) is 23.8 Å². The first-order chi connectivity index (χ1) is 12.6. The van der Waals surface area contributed by atoms with Crippen molar-refractivity contribution >= 4 is 32.1 Å². The predicted octanol–water partition coefficient (Wildman–Crippen LogP) is 4.02. The van der Waals surface area contributed by atoms with E-state index < -0.39 is 10.0 Å². The molecule has 1 saturated heterocycles. The molecule has 136 valence electrons. The molecule has 0 unspecified atom stereocenters. The third kappa shape index (κ3) is 3.55. The van der Waals surface area contributed by atoms with Crippen molar-refractivity contribution < 1.29 is 8.42 Å². The molecule has 2 aromatic carbocycles. The number of hydrogen-bond acceptors (Lipinski definition) is 4. The molecule has 3 aromatic rings. The third-order valence-corrected chi connectivity index (χ3v) is 7.20. The summed E-state index contributed by atoms with van der Waals surface area (Å²) in [6.45, 7) is 2.44. The van der Waals surface area contributed by atoms with Crippen LogP contribution >= 0.6 is 11.3 Å². The maximum Gasteiger partial charge on any atom is 0.241 e. The zero-order valence-electron chi connectivity index (χ0n) is 14.5. The Balaban J connectivity index is 1.60. The lowest BCUT2D eigenvalue weighted by molar-refractivity contribution is 0.247. The van der Waals surface area contributed by atoms with Gasteiger partial charge in [-0.2, -0.15) is 11.3 Å². The number of fused-ring (bicyclic) bond motifs is 1. The summed E-state index contributed by atoms with van der Waals surface area (Å²) in [7, 11) is -3.58. The van der Waals surface area contributed by atoms with E-state index in [4.69, 9.17) is 0 Å². The van der Waals surface area contributed by atoms with E-state index in [1.54, 1.807) is 23.5 Å². The lowest BCUT2D eigenvalue weighted by Gasteiger charge is -2.27. The molecular formula is C20H22N2O2S2. The topological polar surface area (TPSA) is 49.4 Å². The highest BCUT2D eigenvalue weighted by molar-refractivity contribution is 7.89. The lowest BCUT2D eigenvalue weighted by Crippen LogP contribution is -2.36. The van der Waals surface area contributed by atoms with E-state index in [1.807, 2.05) is 30.3 Å². The molecule has 0 bridgehead atoms. The Kier molecular flexibility index (Phi) is 5.09. The molecule has 1 N–H and O–H groups in total. The second-order valence-corrected chi connectivity index (χ2v) is 9.16. The molecule has 1 atom stereocenters. The van der Waals surface area contributed by atoms with Crippen molar-refractivity contribution in [3.05, 3.63) is 64.9 Å². The molecule has 4 nitrogen and oxygen atoms in total. The fourth-order valence-corrected chi connectivity index (χ4v) is 5.65. The quantitative estimate of drug-likeness (QED) is 0.696. The van der Waals surface area contributed by atoms with E-state index in [9.17, 15) is 8.42 Å². The van der Waals surface area contributed by atoms with Crippen molar-refractivity contribution in [2.24, 2.45) is 0 Å². The summed E-state index contributed by atoms with van der Waals surface area (Å²) in [6, 6.07) is 15.2. The largest absolute Gasteiger partial charge is 0.295 e. The first-order valence-electron chi connectivity index (χ1n) is 8.89. The first-order valence-corrected chi connectivity index (χ1v) is 11.3. The average molecular weight is 387 g/mol. The van der Waals surface area contributed by atoms with E-state index >= 15 is 0 Å². The SMILES string of the molecule is O=S(=O)(NC[C@@H](c1ccsc1)N1CCCC1)c1cccc2ccccc12. The lowest BCUT2D eigenvalue weighted by atomic mass is 10.1. The molecule has 4 rings (SSSR count). The maximum absolute atomic E-state index is 13.0. The van der Waals surface area contributed by atoms with Gasteiger partial charge in [0, 0.05) is 18.0 Å². The van der Waals surface area contributed by atoms with Crippen molar-refractivity contribution in [1.29, 1.82) is 0 Å². The molecule has 1 aliphatic heterocycles. The molecule has 26 heavy (non-hydrogen) atoms. The van der Waals surface area contributed by atoms with Crippen LogP contribution in [0.5, 0.6) is 0 Å². The van der Waals surface area contributed by atoms with Crippen LogP contribution in [0.1, 0.15) is 24.4 Å². The minimum atomic E-state index is -3.58. The number of nitrogens with zero attached hydrogens (tertiary/aromatic N) is 1. The highest BCUT2D eigenvalue weighted by Crippen LogP contribution is 2.28. The number of rotatable bonds is 6. The summed E-state index contributed by atoms with van der Waals surface area (Å²) in [5.74, 6) is 0. The Labute approximate surface area is 158 Å². The Morgan fingerprint density at radius 1 is 1.04 bits per heavy atom. The number of sulfonamides is 1. The molecule has 0 spiro atoms. The minimum absolute atomic E-state index is 0.0912. The van der Waals surface area contributed by atoms with Gasteiger partial charge in [0.15, 0.2) is 0 Å². The fourth-order valence-electron chi connectivity index (χ4n) is 3.67. The van der Waals surface area contributed by atoms with Crippen LogP contribution in [0.25, 0.3) is 10.8 Å². The van der Waals surface area contributed by atoms with Crippen molar-refractivity contribution in [1.82, 2.24) is 9.62 Å². The van der Waals surface area contributed by atoms with Gasteiger partial charge < -0.3 is 0 Å². The van der Waals surface area contributed by atoms with E-state index in [1.165, 1.54) is 18.4 Å². The summed E-state index contributed by atoms with van der Waals surface area (Å²) in [4.78, 5) is 2.73. The van der Waals surface area contributed by atoms with Gasteiger partial charge in [-0.3, -0.25) is 4.90 Å². The van der Waals surface area contributed by atoms with Gasteiger partial charge in [-0.1, -0.05) is 36.4 Å². The molecule has 1 aliphatic rings. The van der Waals surface area contributed by atoms with Gasteiger partial charge in [-0.05, 0) is 59.8 Å². The van der Waals surface area contributed by atoms with Gasteiger partial charge in [-0.15, -0.1) is 0 Å². The molecule has 0 radical (unpaired) electrons. The fraction of sp³-hybridized carbons (Fsp3) is 0.300. The van der Waals surface area contributed by atoms with E-state index in [2.05, 4.69) is 26.4 Å².